The second-order valence-electron chi connectivity index (χ2n) is 7.30. The van der Waals surface area contributed by atoms with Crippen molar-refractivity contribution in [2.24, 2.45) is 5.73 Å². The van der Waals surface area contributed by atoms with Gasteiger partial charge < -0.3 is 19.9 Å². The molecule has 0 atom stereocenters. The van der Waals surface area contributed by atoms with Crippen molar-refractivity contribution in [3.63, 3.8) is 0 Å². The number of aromatic nitrogens is 1. The number of halogens is 2. The number of ether oxygens (including phenoxy) is 1. The van der Waals surface area contributed by atoms with E-state index in [2.05, 4.69) is 15.9 Å². The van der Waals surface area contributed by atoms with Crippen molar-refractivity contribution < 1.29 is 18.7 Å². The molecule has 1 aromatic heterocycles. The number of amides is 2. The summed E-state index contributed by atoms with van der Waals surface area (Å²) < 4.78 is 21.3. The van der Waals surface area contributed by atoms with Crippen LogP contribution in [0.3, 0.4) is 0 Å². The molecule has 0 saturated carbocycles. The number of carbonyl (C=O) groups is 2. The molecular formula is C23H21BrFN3O3. The van der Waals surface area contributed by atoms with E-state index in [1.54, 1.807) is 21.6 Å². The van der Waals surface area contributed by atoms with Gasteiger partial charge >= 0.3 is 0 Å². The summed E-state index contributed by atoms with van der Waals surface area (Å²) in [7, 11) is 0. The Kier molecular flexibility index (Phi) is 6.08. The highest BCUT2D eigenvalue weighted by molar-refractivity contribution is 9.10. The molecule has 4 rings (SSSR count). The van der Waals surface area contributed by atoms with Crippen LogP contribution in [0.5, 0.6) is 5.75 Å². The summed E-state index contributed by atoms with van der Waals surface area (Å²) in [4.78, 5) is 27.2. The Morgan fingerprint density at radius 2 is 1.77 bits per heavy atom. The van der Waals surface area contributed by atoms with E-state index in [1.165, 1.54) is 12.1 Å². The van der Waals surface area contributed by atoms with Crippen molar-refractivity contribution in [3.8, 4) is 5.75 Å². The number of hydrogen-bond acceptors (Lipinski definition) is 3. The second kappa shape index (κ2) is 8.93. The summed E-state index contributed by atoms with van der Waals surface area (Å²) in [6, 6.07) is 15.7. The molecule has 2 N–H and O–H groups in total. The second-order valence-corrected chi connectivity index (χ2v) is 8.05. The van der Waals surface area contributed by atoms with Crippen molar-refractivity contribution >= 4 is 27.7 Å². The summed E-state index contributed by atoms with van der Waals surface area (Å²) in [5.74, 6) is -0.994. The zero-order valence-corrected chi connectivity index (χ0v) is 18.3. The molecule has 8 heteroatoms. The number of fused-ring (bicyclic) bond motifs is 1. The fourth-order valence-corrected chi connectivity index (χ4v) is 4.40. The van der Waals surface area contributed by atoms with Gasteiger partial charge in [0, 0.05) is 19.6 Å². The van der Waals surface area contributed by atoms with E-state index in [0.29, 0.717) is 36.4 Å². The van der Waals surface area contributed by atoms with Gasteiger partial charge in [0.2, 0.25) is 0 Å². The smallest absolute Gasteiger partial charge is 0.274 e. The number of nitrogens with zero attached hydrogens (tertiary/aromatic N) is 2. The Morgan fingerprint density at radius 3 is 2.45 bits per heavy atom. The van der Waals surface area contributed by atoms with E-state index in [9.17, 15) is 14.0 Å². The highest BCUT2D eigenvalue weighted by Gasteiger charge is 2.35. The van der Waals surface area contributed by atoms with Gasteiger partial charge in [0.05, 0.1) is 0 Å². The molecule has 3 aromatic rings. The van der Waals surface area contributed by atoms with Crippen LogP contribution in [-0.4, -0.2) is 34.4 Å². The highest BCUT2D eigenvalue weighted by Crippen LogP contribution is 2.37. The van der Waals surface area contributed by atoms with Gasteiger partial charge in [-0.05, 0) is 45.6 Å². The van der Waals surface area contributed by atoms with Gasteiger partial charge in [0.15, 0.2) is 11.4 Å². The number of primary amides is 1. The van der Waals surface area contributed by atoms with Gasteiger partial charge in [-0.15, -0.1) is 0 Å². The SMILES string of the molecule is NC(=O)c1c(OCc2ccccc2)c2n(c1Br)CCN(CCc1ccc(F)cc1)C2=O. The molecule has 1 aliphatic rings. The summed E-state index contributed by atoms with van der Waals surface area (Å²) >= 11 is 3.42. The third kappa shape index (κ3) is 4.34. The fourth-order valence-electron chi connectivity index (χ4n) is 3.67. The van der Waals surface area contributed by atoms with Gasteiger partial charge in [-0.1, -0.05) is 42.5 Å². The molecule has 160 valence electrons. The third-order valence-corrected chi connectivity index (χ3v) is 6.12. The molecule has 0 radical (unpaired) electrons. The normalized spacial score (nSPS) is 13.2. The first-order chi connectivity index (χ1) is 15.0. The average Bonchev–Trinajstić information content (AvgIpc) is 3.06. The maximum absolute atomic E-state index is 13.3. The number of rotatable bonds is 7. The zero-order valence-electron chi connectivity index (χ0n) is 16.7. The lowest BCUT2D eigenvalue weighted by atomic mass is 10.1. The molecule has 0 spiro atoms. The third-order valence-electron chi connectivity index (χ3n) is 5.29. The van der Waals surface area contributed by atoms with Crippen LogP contribution < -0.4 is 10.5 Å². The quantitative estimate of drug-likeness (QED) is 0.553. The molecule has 2 amide bonds. The van der Waals surface area contributed by atoms with Crippen molar-refractivity contribution in [1.82, 2.24) is 9.47 Å². The van der Waals surface area contributed by atoms with Crippen LogP contribution in [-0.2, 0) is 19.6 Å². The number of benzene rings is 2. The summed E-state index contributed by atoms with van der Waals surface area (Å²) in [6.45, 7) is 1.65. The summed E-state index contributed by atoms with van der Waals surface area (Å²) in [5.41, 5.74) is 7.93. The minimum absolute atomic E-state index is 0.166. The van der Waals surface area contributed by atoms with Crippen molar-refractivity contribution in [1.29, 1.82) is 0 Å². The van der Waals surface area contributed by atoms with Gasteiger partial charge in [-0.25, -0.2) is 4.39 Å². The maximum atomic E-state index is 13.3. The molecule has 1 aliphatic heterocycles. The van der Waals surface area contributed by atoms with Gasteiger partial charge in [-0.2, -0.15) is 0 Å². The fraction of sp³-hybridized carbons (Fsp3) is 0.217. The first kappa shape index (κ1) is 21.1. The maximum Gasteiger partial charge on any atom is 0.274 e. The number of carbonyl (C=O) groups excluding carboxylic acids is 2. The topological polar surface area (TPSA) is 77.6 Å². The molecule has 2 heterocycles. The Hall–Kier alpha value is -3.13. The number of nitrogens with two attached hydrogens (primary N) is 1. The van der Waals surface area contributed by atoms with E-state index in [0.717, 1.165) is 11.1 Å². The summed E-state index contributed by atoms with van der Waals surface area (Å²) in [5, 5.41) is 0. The monoisotopic (exact) mass is 485 g/mol. The van der Waals surface area contributed by atoms with Crippen molar-refractivity contribution in [2.75, 3.05) is 13.1 Å². The van der Waals surface area contributed by atoms with Gasteiger partial charge in [-0.3, -0.25) is 9.59 Å². The Balaban J connectivity index is 1.59. The first-order valence-electron chi connectivity index (χ1n) is 9.88. The van der Waals surface area contributed by atoms with E-state index in [4.69, 9.17) is 10.5 Å². The van der Waals surface area contributed by atoms with Crippen molar-refractivity contribution in [2.45, 2.75) is 19.6 Å². The summed E-state index contributed by atoms with van der Waals surface area (Å²) in [6.07, 6.45) is 0.594. The zero-order chi connectivity index (χ0) is 22.0. The minimum Gasteiger partial charge on any atom is -0.486 e. The van der Waals surface area contributed by atoms with Gasteiger partial charge in [0.25, 0.3) is 11.8 Å². The number of hydrogen-bond donors (Lipinski definition) is 1. The molecule has 0 unspecified atom stereocenters. The molecule has 0 fully saturated rings. The lowest BCUT2D eigenvalue weighted by molar-refractivity contribution is 0.0699. The van der Waals surface area contributed by atoms with E-state index >= 15 is 0 Å². The lowest BCUT2D eigenvalue weighted by Crippen LogP contribution is -2.41. The van der Waals surface area contributed by atoms with Crippen LogP contribution >= 0.6 is 15.9 Å². The first-order valence-corrected chi connectivity index (χ1v) is 10.7. The van der Waals surface area contributed by atoms with Crippen LogP contribution in [0.1, 0.15) is 32.0 Å². The van der Waals surface area contributed by atoms with E-state index < -0.39 is 5.91 Å². The standard InChI is InChI=1S/C23H21BrFN3O3/c24-21-18(22(26)29)20(31-14-16-4-2-1-3-5-16)19-23(30)27(12-13-28(19)21)11-10-15-6-8-17(25)9-7-15/h1-9H,10-14H2,(H2,26,29). The van der Waals surface area contributed by atoms with Crippen LogP contribution in [0.25, 0.3) is 0 Å². The van der Waals surface area contributed by atoms with Crippen LogP contribution in [0.2, 0.25) is 0 Å². The predicted molar refractivity (Wildman–Crippen MR) is 117 cm³/mol. The average molecular weight is 486 g/mol. The largest absolute Gasteiger partial charge is 0.486 e. The molecule has 0 aliphatic carbocycles. The molecular weight excluding hydrogens is 465 g/mol. The lowest BCUT2D eigenvalue weighted by Gasteiger charge is -2.29. The van der Waals surface area contributed by atoms with Crippen LogP contribution in [0.4, 0.5) is 4.39 Å². The minimum atomic E-state index is -0.664. The molecule has 0 bridgehead atoms. The van der Waals surface area contributed by atoms with E-state index in [1.807, 2.05) is 30.3 Å². The van der Waals surface area contributed by atoms with Gasteiger partial charge in [0.1, 0.15) is 22.6 Å². The molecule has 0 saturated heterocycles. The Morgan fingerprint density at radius 1 is 1.06 bits per heavy atom. The molecule has 2 aromatic carbocycles. The predicted octanol–water partition coefficient (Wildman–Crippen LogP) is 3.77. The van der Waals surface area contributed by atoms with Crippen LogP contribution in [0.15, 0.2) is 59.2 Å². The highest BCUT2D eigenvalue weighted by atomic mass is 79.9. The van der Waals surface area contributed by atoms with E-state index in [-0.39, 0.29) is 29.6 Å². The van der Waals surface area contributed by atoms with Crippen molar-refractivity contribution in [3.05, 3.63) is 87.4 Å². The Bertz CT molecular complexity index is 1110. The molecule has 6 nitrogen and oxygen atoms in total. The van der Waals surface area contributed by atoms with Crippen LogP contribution in [0, 0.1) is 5.82 Å². The molecule has 31 heavy (non-hydrogen) atoms. The Labute approximate surface area is 187 Å².